The lowest BCUT2D eigenvalue weighted by Crippen LogP contribution is -2.27. The van der Waals surface area contributed by atoms with E-state index in [1.165, 1.54) is 18.3 Å². The molecule has 1 aromatic rings. The Labute approximate surface area is 102 Å². The standard InChI is InChI=1S/C10H14N2O4S/c1-10(2,3)16-9(13)12-7-4-5-8(11-6-7)17(14)15/h4-6H,1-3H3,(H,12,13)(H,14,15). The van der Waals surface area contributed by atoms with Gasteiger partial charge in [-0.05, 0) is 32.9 Å². The number of amides is 1. The number of hydrogen-bond donors (Lipinski definition) is 2. The van der Waals surface area contributed by atoms with Crippen molar-refractivity contribution >= 4 is 22.9 Å². The van der Waals surface area contributed by atoms with E-state index in [1.54, 1.807) is 20.8 Å². The molecule has 1 atom stereocenters. The summed E-state index contributed by atoms with van der Waals surface area (Å²) >= 11 is -2.12. The summed E-state index contributed by atoms with van der Waals surface area (Å²) in [5.41, 5.74) is -0.183. The molecule has 0 radical (unpaired) electrons. The van der Waals surface area contributed by atoms with Crippen molar-refractivity contribution < 1.29 is 18.3 Å². The molecule has 7 heteroatoms. The van der Waals surface area contributed by atoms with Crippen LogP contribution in [0.4, 0.5) is 10.5 Å². The van der Waals surface area contributed by atoms with Crippen LogP contribution in [0.25, 0.3) is 0 Å². The van der Waals surface area contributed by atoms with Crippen LogP contribution >= 0.6 is 0 Å². The number of ether oxygens (including phenoxy) is 1. The van der Waals surface area contributed by atoms with Gasteiger partial charge in [0.05, 0.1) is 11.9 Å². The lowest BCUT2D eigenvalue weighted by Gasteiger charge is -2.19. The van der Waals surface area contributed by atoms with Crippen molar-refractivity contribution in [2.45, 2.75) is 31.4 Å². The van der Waals surface area contributed by atoms with E-state index in [0.29, 0.717) is 5.69 Å². The number of rotatable bonds is 2. The summed E-state index contributed by atoms with van der Waals surface area (Å²) in [6.07, 6.45) is 0.685. The SMILES string of the molecule is CC(C)(C)OC(=O)Nc1ccc(S(=O)O)nc1. The minimum absolute atomic E-state index is 0.0275. The third-order valence-corrected chi connectivity index (χ3v) is 2.16. The lowest BCUT2D eigenvalue weighted by molar-refractivity contribution is 0.0636. The number of aromatic nitrogens is 1. The Morgan fingerprint density at radius 2 is 2.12 bits per heavy atom. The van der Waals surface area contributed by atoms with Crippen molar-refractivity contribution in [3.05, 3.63) is 18.3 Å². The second-order valence-corrected chi connectivity index (χ2v) is 5.18. The molecule has 1 amide bonds. The molecular weight excluding hydrogens is 244 g/mol. The van der Waals surface area contributed by atoms with Gasteiger partial charge in [0.25, 0.3) is 0 Å². The summed E-state index contributed by atoms with van der Waals surface area (Å²) in [6.45, 7) is 5.26. The van der Waals surface area contributed by atoms with Crippen LogP contribution in [0.3, 0.4) is 0 Å². The molecule has 0 spiro atoms. The Balaban J connectivity index is 2.64. The van der Waals surface area contributed by atoms with Gasteiger partial charge in [0.15, 0.2) is 5.03 Å². The molecule has 1 aromatic heterocycles. The lowest BCUT2D eigenvalue weighted by atomic mass is 10.2. The van der Waals surface area contributed by atoms with E-state index in [4.69, 9.17) is 9.29 Å². The zero-order chi connectivity index (χ0) is 13.1. The normalized spacial score (nSPS) is 12.9. The van der Waals surface area contributed by atoms with Crippen LogP contribution in [0.15, 0.2) is 23.4 Å². The fourth-order valence-electron chi connectivity index (χ4n) is 0.979. The van der Waals surface area contributed by atoms with E-state index in [1.807, 2.05) is 0 Å². The molecule has 0 aromatic carbocycles. The maximum atomic E-state index is 11.4. The van der Waals surface area contributed by atoms with E-state index < -0.39 is 22.8 Å². The quantitative estimate of drug-likeness (QED) is 0.792. The van der Waals surface area contributed by atoms with E-state index in [2.05, 4.69) is 10.3 Å². The minimum Gasteiger partial charge on any atom is -0.444 e. The van der Waals surface area contributed by atoms with Gasteiger partial charge >= 0.3 is 6.09 Å². The smallest absolute Gasteiger partial charge is 0.412 e. The van der Waals surface area contributed by atoms with Gasteiger partial charge in [-0.3, -0.25) is 5.32 Å². The Bertz CT molecular complexity index is 425. The van der Waals surface area contributed by atoms with Gasteiger partial charge in [0.1, 0.15) is 5.60 Å². The van der Waals surface area contributed by atoms with Gasteiger partial charge in [-0.2, -0.15) is 0 Å². The first-order valence-electron chi connectivity index (χ1n) is 4.85. The second kappa shape index (κ2) is 5.24. The minimum atomic E-state index is -2.12. The van der Waals surface area contributed by atoms with Gasteiger partial charge in [-0.15, -0.1) is 0 Å². The van der Waals surface area contributed by atoms with Gasteiger partial charge in [-0.25, -0.2) is 14.0 Å². The van der Waals surface area contributed by atoms with Crippen molar-refractivity contribution in [1.29, 1.82) is 0 Å². The maximum absolute atomic E-state index is 11.4. The van der Waals surface area contributed by atoms with Crippen LogP contribution in [0.2, 0.25) is 0 Å². The van der Waals surface area contributed by atoms with Crippen molar-refractivity contribution in [3.8, 4) is 0 Å². The molecule has 0 saturated heterocycles. The molecule has 0 aliphatic heterocycles. The molecular formula is C10H14N2O4S. The fraction of sp³-hybridized carbons (Fsp3) is 0.400. The molecule has 1 heterocycles. The van der Waals surface area contributed by atoms with Crippen LogP contribution < -0.4 is 5.32 Å². The molecule has 17 heavy (non-hydrogen) atoms. The molecule has 1 unspecified atom stereocenters. The topological polar surface area (TPSA) is 88.5 Å². The first-order valence-corrected chi connectivity index (χ1v) is 5.95. The predicted octanol–water partition coefficient (Wildman–Crippen LogP) is 2.01. The van der Waals surface area contributed by atoms with Crippen LogP contribution in [0.5, 0.6) is 0 Å². The van der Waals surface area contributed by atoms with Crippen LogP contribution in [-0.2, 0) is 15.8 Å². The van der Waals surface area contributed by atoms with Gasteiger partial charge in [0, 0.05) is 0 Å². The third kappa shape index (κ3) is 4.92. The van der Waals surface area contributed by atoms with Gasteiger partial charge < -0.3 is 9.29 Å². The summed E-state index contributed by atoms with van der Waals surface area (Å²) < 4.78 is 24.4. The van der Waals surface area contributed by atoms with E-state index >= 15 is 0 Å². The monoisotopic (exact) mass is 258 g/mol. The number of carbonyl (C=O) groups excluding carboxylic acids is 1. The first kappa shape index (κ1) is 13.6. The second-order valence-electron chi connectivity index (χ2n) is 4.26. The highest BCUT2D eigenvalue weighted by Crippen LogP contribution is 2.12. The molecule has 94 valence electrons. The molecule has 0 bridgehead atoms. The largest absolute Gasteiger partial charge is 0.444 e. The molecule has 1 rings (SSSR count). The van der Waals surface area contributed by atoms with E-state index in [-0.39, 0.29) is 5.03 Å². The van der Waals surface area contributed by atoms with Crippen LogP contribution in [-0.4, -0.2) is 25.4 Å². The van der Waals surface area contributed by atoms with Crippen molar-refractivity contribution in [2.24, 2.45) is 0 Å². The number of nitrogens with zero attached hydrogens (tertiary/aromatic N) is 1. The number of nitrogens with one attached hydrogen (secondary N) is 1. The summed E-state index contributed by atoms with van der Waals surface area (Å²) in [4.78, 5) is 15.1. The zero-order valence-electron chi connectivity index (χ0n) is 9.76. The highest BCUT2D eigenvalue weighted by Gasteiger charge is 2.16. The molecule has 0 aliphatic carbocycles. The fourth-order valence-corrected chi connectivity index (χ4v) is 1.31. The van der Waals surface area contributed by atoms with E-state index in [9.17, 15) is 9.00 Å². The maximum Gasteiger partial charge on any atom is 0.412 e. The van der Waals surface area contributed by atoms with Gasteiger partial charge in [-0.1, -0.05) is 0 Å². The molecule has 6 nitrogen and oxygen atoms in total. The average molecular weight is 258 g/mol. The van der Waals surface area contributed by atoms with Crippen molar-refractivity contribution in [1.82, 2.24) is 4.98 Å². The number of pyridine rings is 1. The highest BCUT2D eigenvalue weighted by molar-refractivity contribution is 7.79. The van der Waals surface area contributed by atoms with Crippen molar-refractivity contribution in [3.63, 3.8) is 0 Å². The Morgan fingerprint density at radius 3 is 2.53 bits per heavy atom. The summed E-state index contributed by atoms with van der Waals surface area (Å²) in [5, 5.41) is 2.49. The van der Waals surface area contributed by atoms with E-state index in [0.717, 1.165) is 0 Å². The summed E-state index contributed by atoms with van der Waals surface area (Å²) in [7, 11) is 0. The Morgan fingerprint density at radius 1 is 1.47 bits per heavy atom. The number of hydrogen-bond acceptors (Lipinski definition) is 4. The Kier molecular flexibility index (Phi) is 4.19. The molecule has 2 N–H and O–H groups in total. The number of anilines is 1. The number of carbonyl (C=O) groups is 1. The Hall–Kier alpha value is -1.47. The van der Waals surface area contributed by atoms with Crippen molar-refractivity contribution in [2.75, 3.05) is 5.32 Å². The first-order chi connectivity index (χ1) is 7.78. The predicted molar refractivity (Wildman–Crippen MR) is 63.1 cm³/mol. The molecule has 0 aliphatic rings. The molecule has 0 saturated carbocycles. The van der Waals surface area contributed by atoms with Crippen LogP contribution in [0.1, 0.15) is 20.8 Å². The molecule has 0 fully saturated rings. The highest BCUT2D eigenvalue weighted by atomic mass is 32.2. The summed E-state index contributed by atoms with van der Waals surface area (Å²) in [5.74, 6) is 0. The summed E-state index contributed by atoms with van der Waals surface area (Å²) in [6, 6.07) is 2.82. The van der Waals surface area contributed by atoms with Crippen LogP contribution in [0, 0.1) is 0 Å². The zero-order valence-corrected chi connectivity index (χ0v) is 10.6. The average Bonchev–Trinajstić information content (AvgIpc) is 2.15. The van der Waals surface area contributed by atoms with Gasteiger partial charge in [0.2, 0.25) is 11.1 Å². The third-order valence-electron chi connectivity index (χ3n) is 1.56.